The summed E-state index contributed by atoms with van der Waals surface area (Å²) in [5.74, 6) is 0.737. The van der Waals surface area contributed by atoms with E-state index in [4.69, 9.17) is 14.5 Å². The molecule has 0 saturated heterocycles. The third-order valence-electron chi connectivity index (χ3n) is 1.98. The maximum atomic E-state index is 9.57. The van der Waals surface area contributed by atoms with Gasteiger partial charge in [-0.15, -0.1) is 0 Å². The van der Waals surface area contributed by atoms with Crippen LogP contribution in [0, 0.1) is 0 Å². The van der Waals surface area contributed by atoms with Crippen molar-refractivity contribution in [3.05, 3.63) is 24.3 Å². The maximum absolute atomic E-state index is 9.57. The van der Waals surface area contributed by atoms with Crippen LogP contribution in [0.1, 0.15) is 6.42 Å². The highest BCUT2D eigenvalue weighted by Crippen LogP contribution is 2.06. The van der Waals surface area contributed by atoms with Crippen molar-refractivity contribution in [1.82, 2.24) is 0 Å². The lowest BCUT2D eigenvalue weighted by atomic mass is 9.79. The van der Waals surface area contributed by atoms with Gasteiger partial charge in [-0.05, 0) is 24.0 Å². The van der Waals surface area contributed by atoms with Gasteiger partial charge in [-0.25, -0.2) is 0 Å². The van der Waals surface area contributed by atoms with E-state index in [2.05, 4.69) is 0 Å². The molecule has 0 heterocycles. The Labute approximate surface area is 89.6 Å². The van der Waals surface area contributed by atoms with Crippen LogP contribution in [0.25, 0.3) is 0 Å². The third kappa shape index (κ3) is 3.91. The quantitative estimate of drug-likeness (QED) is 0.503. The number of rotatable bonds is 6. The molecule has 0 fully saturated rings. The van der Waals surface area contributed by atoms with Crippen molar-refractivity contribution in [2.45, 2.75) is 6.42 Å². The number of aliphatic hydroxyl groups excluding tert-OH is 1. The second-order valence-corrected chi connectivity index (χ2v) is 3.07. The van der Waals surface area contributed by atoms with Gasteiger partial charge in [-0.1, -0.05) is 12.1 Å². The van der Waals surface area contributed by atoms with Gasteiger partial charge < -0.3 is 19.5 Å². The topological polar surface area (TPSA) is 58.9 Å². The Bertz CT molecular complexity index is 275. The Morgan fingerprint density at radius 3 is 2.47 bits per heavy atom. The first kappa shape index (κ1) is 12.0. The molecule has 0 aliphatic carbocycles. The number of methoxy groups -OCH3 is 1. The van der Waals surface area contributed by atoms with Crippen LogP contribution in [0.2, 0.25) is 0 Å². The van der Waals surface area contributed by atoms with E-state index in [0.29, 0.717) is 18.5 Å². The van der Waals surface area contributed by atoms with Crippen molar-refractivity contribution >= 4 is 12.6 Å². The minimum absolute atomic E-state index is 0.0648. The molecule has 0 amide bonds. The molecular weight excluding hydrogens is 195 g/mol. The Hall–Kier alpha value is -1.04. The standard InChI is InChI=1S/C10H15BO4/c1-14-10-5-3-9(4-6-10)11(13)15-8-2-7-12/h3-6,12-13H,2,7-8H2,1H3. The smallest absolute Gasteiger partial charge is 0.491 e. The fourth-order valence-electron chi connectivity index (χ4n) is 1.12. The highest BCUT2D eigenvalue weighted by atomic mass is 16.5. The van der Waals surface area contributed by atoms with Crippen molar-refractivity contribution in [3.8, 4) is 5.75 Å². The lowest BCUT2D eigenvalue weighted by Crippen LogP contribution is -2.33. The normalized spacial score (nSPS) is 10.1. The molecule has 15 heavy (non-hydrogen) atoms. The van der Waals surface area contributed by atoms with Crippen LogP contribution in [0.3, 0.4) is 0 Å². The van der Waals surface area contributed by atoms with Crippen LogP contribution in [0.4, 0.5) is 0 Å². The molecule has 0 aromatic heterocycles. The average Bonchev–Trinajstić information content (AvgIpc) is 2.29. The predicted molar refractivity (Wildman–Crippen MR) is 58.3 cm³/mol. The van der Waals surface area contributed by atoms with E-state index in [9.17, 15) is 5.02 Å². The molecule has 0 aliphatic rings. The number of ether oxygens (including phenoxy) is 1. The number of hydrogen-bond acceptors (Lipinski definition) is 4. The second-order valence-electron chi connectivity index (χ2n) is 3.07. The maximum Gasteiger partial charge on any atom is 0.491 e. The van der Waals surface area contributed by atoms with E-state index in [1.807, 2.05) is 0 Å². The lowest BCUT2D eigenvalue weighted by molar-refractivity contribution is 0.216. The average molecular weight is 210 g/mol. The van der Waals surface area contributed by atoms with Gasteiger partial charge in [-0.3, -0.25) is 0 Å². The van der Waals surface area contributed by atoms with Gasteiger partial charge in [0, 0.05) is 13.2 Å². The predicted octanol–water partition coefficient (Wildman–Crippen LogP) is -0.218. The van der Waals surface area contributed by atoms with E-state index in [1.165, 1.54) is 0 Å². The van der Waals surface area contributed by atoms with Gasteiger partial charge in [0.2, 0.25) is 0 Å². The molecular formula is C10H15BO4. The summed E-state index contributed by atoms with van der Waals surface area (Å²) in [6.45, 7) is 0.402. The lowest BCUT2D eigenvalue weighted by Gasteiger charge is -2.08. The molecule has 0 atom stereocenters. The van der Waals surface area contributed by atoms with Crippen molar-refractivity contribution in [2.24, 2.45) is 0 Å². The van der Waals surface area contributed by atoms with Gasteiger partial charge in [-0.2, -0.15) is 0 Å². The van der Waals surface area contributed by atoms with Crippen molar-refractivity contribution in [3.63, 3.8) is 0 Å². The molecule has 1 rings (SSSR count). The number of aliphatic hydroxyl groups is 1. The molecule has 0 unspecified atom stereocenters. The summed E-state index contributed by atoms with van der Waals surface area (Å²) >= 11 is 0. The zero-order valence-electron chi connectivity index (χ0n) is 8.72. The first-order valence-electron chi connectivity index (χ1n) is 4.82. The summed E-state index contributed by atoms with van der Waals surface area (Å²) in [6, 6.07) is 6.99. The van der Waals surface area contributed by atoms with Gasteiger partial charge in [0.15, 0.2) is 0 Å². The van der Waals surface area contributed by atoms with E-state index in [-0.39, 0.29) is 6.61 Å². The summed E-state index contributed by atoms with van der Waals surface area (Å²) in [6.07, 6.45) is 0.521. The van der Waals surface area contributed by atoms with E-state index in [1.54, 1.807) is 31.4 Å². The first-order valence-corrected chi connectivity index (χ1v) is 4.82. The van der Waals surface area contributed by atoms with E-state index < -0.39 is 7.12 Å². The minimum Gasteiger partial charge on any atom is -0.497 e. The SMILES string of the molecule is COc1ccc(B(O)OCCCO)cc1. The molecule has 2 N–H and O–H groups in total. The monoisotopic (exact) mass is 210 g/mol. The minimum atomic E-state index is -0.942. The fourth-order valence-corrected chi connectivity index (χ4v) is 1.12. The number of hydrogen-bond donors (Lipinski definition) is 2. The molecule has 82 valence electrons. The van der Waals surface area contributed by atoms with Crippen molar-refractivity contribution < 1.29 is 19.5 Å². The van der Waals surface area contributed by atoms with E-state index in [0.717, 1.165) is 5.75 Å². The van der Waals surface area contributed by atoms with Crippen LogP contribution in [0.5, 0.6) is 5.75 Å². The summed E-state index contributed by atoms with van der Waals surface area (Å²) in [5, 5.41) is 18.1. The molecule has 0 aliphatic heterocycles. The summed E-state index contributed by atoms with van der Waals surface area (Å²) in [7, 11) is 0.644. The van der Waals surface area contributed by atoms with Crippen LogP contribution >= 0.6 is 0 Å². The van der Waals surface area contributed by atoms with Gasteiger partial charge in [0.05, 0.1) is 7.11 Å². The summed E-state index contributed by atoms with van der Waals surface area (Å²) in [5.41, 5.74) is 0.675. The van der Waals surface area contributed by atoms with Gasteiger partial charge >= 0.3 is 7.12 Å². The fraction of sp³-hybridized carbons (Fsp3) is 0.400. The molecule has 0 radical (unpaired) electrons. The Balaban J connectivity index is 2.46. The first-order chi connectivity index (χ1) is 7.27. The highest BCUT2D eigenvalue weighted by Gasteiger charge is 2.15. The largest absolute Gasteiger partial charge is 0.497 e. The molecule has 0 bridgehead atoms. The molecule has 1 aromatic carbocycles. The van der Waals surface area contributed by atoms with Crippen molar-refractivity contribution in [2.75, 3.05) is 20.3 Å². The van der Waals surface area contributed by atoms with Crippen LogP contribution < -0.4 is 10.2 Å². The Morgan fingerprint density at radius 1 is 1.27 bits per heavy atom. The summed E-state index contributed by atoms with van der Waals surface area (Å²) in [4.78, 5) is 0. The van der Waals surface area contributed by atoms with Crippen LogP contribution in [-0.2, 0) is 4.65 Å². The second kappa shape index (κ2) is 6.45. The highest BCUT2D eigenvalue weighted by molar-refractivity contribution is 6.59. The van der Waals surface area contributed by atoms with Gasteiger partial charge in [0.25, 0.3) is 0 Å². The number of benzene rings is 1. The summed E-state index contributed by atoms with van der Waals surface area (Å²) < 4.78 is 10.1. The molecule has 4 nitrogen and oxygen atoms in total. The third-order valence-corrected chi connectivity index (χ3v) is 1.98. The molecule has 5 heteroatoms. The van der Waals surface area contributed by atoms with Gasteiger partial charge in [0.1, 0.15) is 5.75 Å². The van der Waals surface area contributed by atoms with E-state index >= 15 is 0 Å². The molecule has 1 aromatic rings. The van der Waals surface area contributed by atoms with Crippen LogP contribution in [0.15, 0.2) is 24.3 Å². The zero-order chi connectivity index (χ0) is 11.1. The molecule has 0 spiro atoms. The Morgan fingerprint density at radius 2 is 1.93 bits per heavy atom. The zero-order valence-corrected chi connectivity index (χ0v) is 8.72. The van der Waals surface area contributed by atoms with Crippen LogP contribution in [-0.4, -0.2) is 37.6 Å². The Kier molecular flexibility index (Phi) is 5.17. The molecule has 0 saturated carbocycles. The van der Waals surface area contributed by atoms with Crippen molar-refractivity contribution in [1.29, 1.82) is 0 Å².